The molecule has 0 aliphatic heterocycles. The molecule has 6 rings (SSSR count). The fraction of sp³-hybridized carbons (Fsp3) is 0.103. The first-order valence-corrected chi connectivity index (χ1v) is 15.5. The molecule has 2 heterocycles. The summed E-state index contributed by atoms with van der Waals surface area (Å²) in [7, 11) is 1.37. The van der Waals surface area contributed by atoms with Crippen LogP contribution in [0.1, 0.15) is 32.6 Å². The summed E-state index contributed by atoms with van der Waals surface area (Å²) in [5, 5.41) is 19.3. The number of hydrogen-bond donors (Lipinski definition) is 4. The summed E-state index contributed by atoms with van der Waals surface area (Å²) in [6.45, 7) is 0. The number of benzene rings is 4. The van der Waals surface area contributed by atoms with E-state index in [4.69, 9.17) is 4.74 Å². The number of carbonyl (C=O) groups excluding carboxylic acids is 2. The number of ether oxygens (including phenoxy) is 1. The van der Waals surface area contributed by atoms with Gasteiger partial charge in [0.05, 0.1) is 29.5 Å². The average Bonchev–Trinajstić information content (AvgIpc) is 3.15. The van der Waals surface area contributed by atoms with Gasteiger partial charge in [-0.2, -0.15) is 0 Å². The normalized spacial score (nSPS) is 11.8. The van der Waals surface area contributed by atoms with Gasteiger partial charge in [0.1, 0.15) is 11.6 Å². The van der Waals surface area contributed by atoms with Gasteiger partial charge in [-0.05, 0) is 46.9 Å². The Morgan fingerprint density at radius 1 is 0.735 bits per heavy atom. The minimum Gasteiger partial charge on any atom is -0.478 e. The van der Waals surface area contributed by atoms with Gasteiger partial charge in [-0.1, -0.05) is 103 Å². The van der Waals surface area contributed by atoms with Crippen LogP contribution in [0.25, 0.3) is 10.9 Å². The number of fused-ring (bicyclic) bond motifs is 1. The Balaban J connectivity index is 1.38. The maximum Gasteiger partial charge on any atom is 0.339 e. The Kier molecular flexibility index (Phi) is 9.68. The molecule has 1 atom stereocenters. The Hall–Kier alpha value is -6.39. The van der Waals surface area contributed by atoms with Crippen LogP contribution < -0.4 is 16.0 Å². The molecule has 10 heteroatoms. The zero-order valence-electron chi connectivity index (χ0n) is 26.5. The molecule has 2 amide bonds. The molecule has 244 valence electrons. The molecule has 4 aromatic carbocycles. The zero-order chi connectivity index (χ0) is 34.2. The van der Waals surface area contributed by atoms with Gasteiger partial charge in [0.25, 0.3) is 0 Å². The third kappa shape index (κ3) is 6.85. The van der Waals surface area contributed by atoms with Crippen LogP contribution in [0.4, 0.5) is 16.2 Å². The van der Waals surface area contributed by atoms with Gasteiger partial charge in [-0.25, -0.2) is 9.59 Å². The zero-order valence-corrected chi connectivity index (χ0v) is 26.5. The van der Waals surface area contributed by atoms with Crippen molar-refractivity contribution in [1.82, 2.24) is 15.3 Å². The van der Waals surface area contributed by atoms with E-state index in [1.54, 1.807) is 18.3 Å². The second kappa shape index (κ2) is 14.6. The molecule has 0 saturated heterocycles. The summed E-state index contributed by atoms with van der Waals surface area (Å²) < 4.78 is 5.38. The first-order valence-electron chi connectivity index (χ1n) is 15.5. The highest BCUT2D eigenvalue weighted by Crippen LogP contribution is 2.38. The highest BCUT2D eigenvalue weighted by molar-refractivity contribution is 6.08. The number of amides is 2. The number of anilines is 2. The molecule has 0 spiro atoms. The molecule has 0 fully saturated rings. The molecule has 0 saturated carbocycles. The summed E-state index contributed by atoms with van der Waals surface area (Å²) in [4.78, 5) is 46.7. The highest BCUT2D eigenvalue weighted by atomic mass is 16.5. The third-order valence-electron chi connectivity index (χ3n) is 8.33. The number of hydrogen-bond acceptors (Lipinski definition) is 7. The van der Waals surface area contributed by atoms with E-state index in [-0.39, 0.29) is 17.7 Å². The maximum atomic E-state index is 13.7. The number of methoxy groups -OCH3 is 1. The average molecular weight is 652 g/mol. The van der Waals surface area contributed by atoms with E-state index in [9.17, 15) is 19.5 Å². The molecule has 10 nitrogen and oxygen atoms in total. The summed E-state index contributed by atoms with van der Waals surface area (Å²) in [6.07, 6.45) is 4.40. The minimum atomic E-state index is -1.22. The standard InChI is InChI=1S/C39H33N5O5/c1-49-37(47)34(44-39(27-12-5-2-6-13-27,28-14-7-3-8-15-28)29-16-9-4-10-17-29)24-26-19-20-33(35-30(26)18-11-22-41-35)43-38(48)42-32-21-23-40-25-31(32)36(45)46/h2-23,25,34,44H,24H2,1H3,(H,45,46)(H2,40,42,43,48)/t34-/m0/s1. The van der Waals surface area contributed by atoms with Crippen molar-refractivity contribution in [1.29, 1.82) is 0 Å². The van der Waals surface area contributed by atoms with Crippen molar-refractivity contribution in [2.75, 3.05) is 17.7 Å². The molecule has 0 aliphatic carbocycles. The van der Waals surface area contributed by atoms with Crippen molar-refractivity contribution in [2.45, 2.75) is 18.0 Å². The van der Waals surface area contributed by atoms with E-state index < -0.39 is 29.6 Å². The van der Waals surface area contributed by atoms with Gasteiger partial charge >= 0.3 is 18.0 Å². The van der Waals surface area contributed by atoms with Crippen molar-refractivity contribution in [3.63, 3.8) is 0 Å². The molecule has 0 radical (unpaired) electrons. The van der Waals surface area contributed by atoms with E-state index in [1.807, 2.05) is 103 Å². The van der Waals surface area contributed by atoms with Crippen LogP contribution in [0.15, 0.2) is 140 Å². The number of nitrogens with zero attached hydrogens (tertiary/aromatic N) is 2. The van der Waals surface area contributed by atoms with Crippen molar-refractivity contribution < 1.29 is 24.2 Å². The van der Waals surface area contributed by atoms with E-state index in [0.29, 0.717) is 11.2 Å². The van der Waals surface area contributed by atoms with E-state index in [1.165, 1.54) is 19.4 Å². The second-order valence-corrected chi connectivity index (χ2v) is 11.2. The van der Waals surface area contributed by atoms with Crippen LogP contribution in [-0.2, 0) is 21.5 Å². The van der Waals surface area contributed by atoms with Gasteiger partial charge in [-0.15, -0.1) is 0 Å². The number of aromatic carboxylic acids is 1. The molecule has 49 heavy (non-hydrogen) atoms. The lowest BCUT2D eigenvalue weighted by atomic mass is 9.76. The van der Waals surface area contributed by atoms with Crippen LogP contribution in [0.5, 0.6) is 0 Å². The summed E-state index contributed by atoms with van der Waals surface area (Å²) in [5.74, 6) is -1.66. The molecular formula is C39H33N5O5. The molecule has 0 bridgehead atoms. The van der Waals surface area contributed by atoms with E-state index in [0.717, 1.165) is 33.8 Å². The fourth-order valence-electron chi connectivity index (χ4n) is 6.09. The summed E-state index contributed by atoms with van der Waals surface area (Å²) >= 11 is 0. The molecule has 0 aliphatic rings. The van der Waals surface area contributed by atoms with Gasteiger partial charge in [0.2, 0.25) is 0 Å². The smallest absolute Gasteiger partial charge is 0.339 e. The molecule has 0 unspecified atom stereocenters. The summed E-state index contributed by atoms with van der Waals surface area (Å²) in [6, 6.07) is 37.1. The number of carboxylic acids is 1. The first-order chi connectivity index (χ1) is 23.9. The minimum absolute atomic E-state index is 0.0969. The Morgan fingerprint density at radius 2 is 1.33 bits per heavy atom. The number of urea groups is 1. The van der Waals surface area contributed by atoms with Crippen LogP contribution >= 0.6 is 0 Å². The number of esters is 1. The quantitative estimate of drug-likeness (QED) is 0.0903. The number of carbonyl (C=O) groups is 3. The van der Waals surface area contributed by atoms with Gasteiger partial charge in [0.15, 0.2) is 0 Å². The topological polar surface area (TPSA) is 143 Å². The second-order valence-electron chi connectivity index (χ2n) is 11.2. The monoisotopic (exact) mass is 651 g/mol. The number of aromatic nitrogens is 2. The maximum absolute atomic E-state index is 13.7. The lowest BCUT2D eigenvalue weighted by molar-refractivity contribution is -0.143. The van der Waals surface area contributed by atoms with Gasteiger partial charge in [0, 0.05) is 24.0 Å². The van der Waals surface area contributed by atoms with E-state index in [2.05, 4.69) is 25.9 Å². The van der Waals surface area contributed by atoms with Gasteiger partial charge < -0.3 is 20.5 Å². The summed E-state index contributed by atoms with van der Waals surface area (Å²) in [5.41, 5.74) is 3.54. The highest BCUT2D eigenvalue weighted by Gasteiger charge is 2.40. The SMILES string of the molecule is COC(=O)[C@H](Cc1ccc(NC(=O)Nc2ccncc2C(=O)O)c2ncccc12)NC(c1ccccc1)(c1ccccc1)c1ccccc1. The van der Waals surface area contributed by atoms with E-state index >= 15 is 0 Å². The Labute approximate surface area is 282 Å². The number of carboxylic acid groups (broad SMARTS) is 1. The number of nitrogens with one attached hydrogen (secondary N) is 3. The van der Waals surface area contributed by atoms with Crippen molar-refractivity contribution >= 4 is 40.2 Å². The number of pyridine rings is 2. The number of rotatable bonds is 11. The Morgan fingerprint density at radius 3 is 1.90 bits per heavy atom. The predicted molar refractivity (Wildman–Crippen MR) is 187 cm³/mol. The predicted octanol–water partition coefficient (Wildman–Crippen LogP) is 6.64. The van der Waals surface area contributed by atoms with Gasteiger partial charge in [-0.3, -0.25) is 20.1 Å². The van der Waals surface area contributed by atoms with Crippen molar-refractivity contribution in [3.8, 4) is 0 Å². The van der Waals surface area contributed by atoms with Crippen LogP contribution in [0, 0.1) is 0 Å². The van der Waals surface area contributed by atoms with Crippen molar-refractivity contribution in [3.05, 3.63) is 168 Å². The van der Waals surface area contributed by atoms with Crippen LogP contribution in [-0.4, -0.2) is 46.2 Å². The molecule has 2 aromatic heterocycles. The Bertz CT molecular complexity index is 2000. The lowest BCUT2D eigenvalue weighted by Gasteiger charge is -2.39. The van der Waals surface area contributed by atoms with Crippen LogP contribution in [0.3, 0.4) is 0 Å². The fourth-order valence-corrected chi connectivity index (χ4v) is 6.09. The molecular weight excluding hydrogens is 618 g/mol. The third-order valence-corrected chi connectivity index (χ3v) is 8.33. The van der Waals surface area contributed by atoms with Crippen molar-refractivity contribution in [2.24, 2.45) is 0 Å². The molecule has 4 N–H and O–H groups in total. The molecule has 6 aromatic rings. The lowest BCUT2D eigenvalue weighted by Crippen LogP contribution is -2.53. The largest absolute Gasteiger partial charge is 0.478 e. The first kappa shape index (κ1) is 32.5. The van der Waals surface area contributed by atoms with Crippen LogP contribution in [0.2, 0.25) is 0 Å².